The van der Waals surface area contributed by atoms with Crippen LogP contribution in [-0.2, 0) is 7.05 Å². The van der Waals surface area contributed by atoms with Crippen molar-refractivity contribution in [3.05, 3.63) is 75.8 Å². The molecule has 0 atom stereocenters. The molecule has 0 spiro atoms. The van der Waals surface area contributed by atoms with Crippen LogP contribution >= 0.6 is 0 Å². The maximum absolute atomic E-state index is 2.33. The summed E-state index contributed by atoms with van der Waals surface area (Å²) in [5.41, 5.74) is 13.2. The minimum Gasteiger partial charge on any atom is -0.194 e. The molecule has 3 aromatic rings. The van der Waals surface area contributed by atoms with Crippen molar-refractivity contribution < 1.29 is 4.57 Å². The van der Waals surface area contributed by atoms with Crippen molar-refractivity contribution >= 4 is 0 Å². The first-order valence-electron chi connectivity index (χ1n) is 8.95. The molecule has 25 heavy (non-hydrogen) atoms. The first kappa shape index (κ1) is 17.4. The smallest absolute Gasteiger partial charge is 0.194 e. The Morgan fingerprint density at radius 1 is 0.520 bits per heavy atom. The van der Waals surface area contributed by atoms with Crippen LogP contribution in [0.5, 0.6) is 0 Å². The van der Waals surface area contributed by atoms with E-state index in [1.807, 2.05) is 0 Å². The molecule has 0 saturated heterocycles. The van der Waals surface area contributed by atoms with Gasteiger partial charge in [-0.15, -0.1) is 0 Å². The van der Waals surface area contributed by atoms with Crippen molar-refractivity contribution in [1.29, 1.82) is 0 Å². The van der Waals surface area contributed by atoms with E-state index in [4.69, 9.17) is 0 Å². The minimum absolute atomic E-state index is 1.26. The third-order valence-corrected chi connectivity index (χ3v) is 5.46. The molecule has 0 aliphatic rings. The Hall–Kier alpha value is -2.41. The number of nitrogens with zero attached hydrogens (tertiary/aromatic N) is 1. The van der Waals surface area contributed by atoms with E-state index < -0.39 is 0 Å². The van der Waals surface area contributed by atoms with Crippen LogP contribution in [-0.4, -0.2) is 0 Å². The van der Waals surface area contributed by atoms with Gasteiger partial charge >= 0.3 is 0 Å². The largest absolute Gasteiger partial charge is 0.213 e. The lowest BCUT2D eigenvalue weighted by atomic mass is 9.96. The SMILES string of the molecule is Cc1cc(C)c(-c2cccc(-c3cc(C)c(C)cc3C)[n+]2C)cc1C. The topological polar surface area (TPSA) is 3.88 Å². The Morgan fingerprint density at radius 3 is 1.28 bits per heavy atom. The lowest BCUT2D eigenvalue weighted by Crippen LogP contribution is -2.34. The molecule has 1 heteroatoms. The summed E-state index contributed by atoms with van der Waals surface area (Å²) in [6.45, 7) is 13.2. The third-order valence-electron chi connectivity index (χ3n) is 5.46. The number of aryl methyl sites for hydroxylation is 6. The summed E-state index contributed by atoms with van der Waals surface area (Å²) in [4.78, 5) is 0. The lowest BCUT2D eigenvalue weighted by molar-refractivity contribution is -0.649. The van der Waals surface area contributed by atoms with Crippen LogP contribution in [0.15, 0.2) is 42.5 Å². The summed E-state index contributed by atoms with van der Waals surface area (Å²) in [5.74, 6) is 0. The van der Waals surface area contributed by atoms with Crippen molar-refractivity contribution in [2.24, 2.45) is 7.05 Å². The fraction of sp³-hybridized carbons (Fsp3) is 0.292. The van der Waals surface area contributed by atoms with Crippen LogP contribution < -0.4 is 4.57 Å². The second-order valence-electron chi connectivity index (χ2n) is 7.36. The molecule has 0 aliphatic heterocycles. The second kappa shape index (κ2) is 6.48. The zero-order valence-electron chi connectivity index (χ0n) is 16.5. The van der Waals surface area contributed by atoms with Gasteiger partial charge in [-0.1, -0.05) is 12.1 Å². The summed E-state index contributed by atoms with van der Waals surface area (Å²) in [6.07, 6.45) is 0. The summed E-state index contributed by atoms with van der Waals surface area (Å²) in [7, 11) is 2.17. The second-order valence-corrected chi connectivity index (χ2v) is 7.36. The Labute approximate surface area is 152 Å². The van der Waals surface area contributed by atoms with Crippen molar-refractivity contribution in [3.63, 3.8) is 0 Å². The van der Waals surface area contributed by atoms with E-state index in [0.717, 1.165) is 0 Å². The van der Waals surface area contributed by atoms with Gasteiger partial charge in [0.2, 0.25) is 11.4 Å². The van der Waals surface area contributed by atoms with Crippen molar-refractivity contribution in [2.75, 3.05) is 0 Å². The summed E-state index contributed by atoms with van der Waals surface area (Å²) >= 11 is 0. The van der Waals surface area contributed by atoms with E-state index in [1.165, 1.54) is 55.9 Å². The molecule has 1 aromatic heterocycles. The molecule has 128 valence electrons. The molecule has 1 heterocycles. The number of benzene rings is 2. The molecule has 3 rings (SSSR count). The number of pyridine rings is 1. The van der Waals surface area contributed by atoms with Gasteiger partial charge in [0.1, 0.15) is 7.05 Å². The summed E-state index contributed by atoms with van der Waals surface area (Å²) in [5, 5.41) is 0. The molecule has 0 amide bonds. The zero-order chi connectivity index (χ0) is 18.3. The fourth-order valence-electron chi connectivity index (χ4n) is 3.60. The molecule has 0 aliphatic carbocycles. The van der Waals surface area contributed by atoms with Gasteiger partial charge in [-0.25, -0.2) is 0 Å². The van der Waals surface area contributed by atoms with Crippen LogP contribution in [0.3, 0.4) is 0 Å². The third kappa shape index (κ3) is 3.11. The average Bonchev–Trinajstić information content (AvgIpc) is 2.55. The van der Waals surface area contributed by atoms with Gasteiger partial charge in [0.25, 0.3) is 0 Å². The van der Waals surface area contributed by atoms with Gasteiger partial charge in [-0.2, -0.15) is 4.57 Å². The monoisotopic (exact) mass is 330 g/mol. The number of aromatic nitrogens is 1. The van der Waals surface area contributed by atoms with Crippen molar-refractivity contribution in [3.8, 4) is 22.5 Å². The molecular formula is C24H28N+. The standard InChI is InChI=1S/C24H28N/c1-15-11-19(5)21(13-17(15)3)23-9-8-10-24(25(23)7)22-14-18(4)16(2)12-20(22)6/h8-14H,1-7H3/q+1. The van der Waals surface area contributed by atoms with Gasteiger partial charge in [-0.3, -0.25) is 0 Å². The summed E-state index contributed by atoms with van der Waals surface area (Å²) in [6, 6.07) is 15.8. The molecule has 0 radical (unpaired) electrons. The van der Waals surface area contributed by atoms with Crippen LogP contribution in [0.2, 0.25) is 0 Å². The van der Waals surface area contributed by atoms with Gasteiger partial charge in [0.05, 0.1) is 0 Å². The Balaban J connectivity index is 2.23. The van der Waals surface area contributed by atoms with E-state index in [-0.39, 0.29) is 0 Å². The Kier molecular flexibility index (Phi) is 4.51. The predicted molar refractivity (Wildman–Crippen MR) is 107 cm³/mol. The van der Waals surface area contributed by atoms with Gasteiger partial charge in [-0.05, 0) is 93.1 Å². The minimum atomic E-state index is 1.26. The van der Waals surface area contributed by atoms with E-state index in [2.05, 4.69) is 95.6 Å². The maximum Gasteiger partial charge on any atom is 0.213 e. The quantitative estimate of drug-likeness (QED) is 0.531. The van der Waals surface area contributed by atoms with E-state index in [1.54, 1.807) is 0 Å². The van der Waals surface area contributed by atoms with E-state index in [9.17, 15) is 0 Å². The molecule has 0 N–H and O–H groups in total. The fourth-order valence-corrected chi connectivity index (χ4v) is 3.60. The van der Waals surface area contributed by atoms with Crippen LogP contribution in [0.4, 0.5) is 0 Å². The maximum atomic E-state index is 2.33. The van der Waals surface area contributed by atoms with E-state index in [0.29, 0.717) is 0 Å². The molecule has 0 bridgehead atoms. The van der Waals surface area contributed by atoms with Gasteiger partial charge < -0.3 is 0 Å². The molecule has 0 saturated carbocycles. The van der Waals surface area contributed by atoms with Gasteiger partial charge in [0, 0.05) is 23.3 Å². The molecule has 0 fully saturated rings. The van der Waals surface area contributed by atoms with Crippen molar-refractivity contribution in [1.82, 2.24) is 0 Å². The van der Waals surface area contributed by atoms with Crippen LogP contribution in [0.1, 0.15) is 33.4 Å². The molecular weight excluding hydrogens is 302 g/mol. The molecule has 0 unspecified atom stereocenters. The number of hydrogen-bond donors (Lipinski definition) is 0. The molecule has 1 nitrogen and oxygen atoms in total. The molecule has 2 aromatic carbocycles. The first-order valence-corrected chi connectivity index (χ1v) is 8.95. The van der Waals surface area contributed by atoms with Crippen LogP contribution in [0, 0.1) is 41.5 Å². The van der Waals surface area contributed by atoms with Crippen molar-refractivity contribution in [2.45, 2.75) is 41.5 Å². The average molecular weight is 330 g/mol. The number of hydrogen-bond acceptors (Lipinski definition) is 0. The zero-order valence-corrected chi connectivity index (χ0v) is 16.5. The highest BCUT2D eigenvalue weighted by Crippen LogP contribution is 2.28. The van der Waals surface area contributed by atoms with Gasteiger partial charge in [0.15, 0.2) is 0 Å². The Morgan fingerprint density at radius 2 is 0.880 bits per heavy atom. The first-order chi connectivity index (χ1) is 11.8. The predicted octanol–water partition coefficient (Wildman–Crippen LogP) is 5.70. The number of rotatable bonds is 2. The lowest BCUT2D eigenvalue weighted by Gasteiger charge is -2.12. The highest BCUT2D eigenvalue weighted by Gasteiger charge is 2.19. The normalized spacial score (nSPS) is 11.0. The highest BCUT2D eigenvalue weighted by molar-refractivity contribution is 5.67. The van der Waals surface area contributed by atoms with Crippen LogP contribution in [0.25, 0.3) is 22.5 Å². The highest BCUT2D eigenvalue weighted by atomic mass is 14.9. The summed E-state index contributed by atoms with van der Waals surface area (Å²) < 4.78 is 2.33. The Bertz CT molecular complexity index is 889. The van der Waals surface area contributed by atoms with E-state index >= 15 is 0 Å².